The van der Waals surface area contributed by atoms with E-state index in [0.29, 0.717) is 11.4 Å². The highest BCUT2D eigenvalue weighted by molar-refractivity contribution is 9.10. The summed E-state index contributed by atoms with van der Waals surface area (Å²) in [6, 6.07) is 8.44. The maximum Gasteiger partial charge on any atom is 0.251 e. The van der Waals surface area contributed by atoms with E-state index in [4.69, 9.17) is 0 Å². The Balaban J connectivity index is 1.85. The van der Waals surface area contributed by atoms with Crippen LogP contribution in [-0.4, -0.2) is 25.2 Å². The maximum absolute atomic E-state index is 12.3. The molecule has 0 spiro atoms. The summed E-state index contributed by atoms with van der Waals surface area (Å²) in [4.78, 5) is 28.0. The summed E-state index contributed by atoms with van der Waals surface area (Å²) in [5.41, 5.74) is 0.979. The van der Waals surface area contributed by atoms with Crippen LogP contribution in [0.25, 0.3) is 5.69 Å². The predicted octanol–water partition coefficient (Wildman–Crippen LogP) is 2.59. The van der Waals surface area contributed by atoms with E-state index < -0.39 is 0 Å². The number of nitrogens with zero attached hydrogens (tertiary/aromatic N) is 4. The van der Waals surface area contributed by atoms with Gasteiger partial charge in [-0.2, -0.15) is 5.10 Å². The average Bonchev–Trinajstić information content (AvgIpc) is 3.05. The number of anilines is 1. The van der Waals surface area contributed by atoms with E-state index in [1.54, 1.807) is 29.1 Å². The van der Waals surface area contributed by atoms with Gasteiger partial charge in [0.2, 0.25) is 5.91 Å². The van der Waals surface area contributed by atoms with E-state index in [-0.39, 0.29) is 18.0 Å². The molecular weight excluding hydrogens is 442 g/mol. The van der Waals surface area contributed by atoms with Crippen molar-refractivity contribution in [2.24, 2.45) is 0 Å². The lowest BCUT2D eigenvalue weighted by atomic mass is 10.2. The van der Waals surface area contributed by atoms with Crippen molar-refractivity contribution in [2.75, 3.05) is 5.32 Å². The van der Waals surface area contributed by atoms with Crippen molar-refractivity contribution in [2.45, 2.75) is 6.54 Å². The van der Waals surface area contributed by atoms with E-state index in [9.17, 15) is 9.59 Å². The van der Waals surface area contributed by atoms with Gasteiger partial charge in [0.15, 0.2) is 0 Å². The Bertz CT molecular complexity index is 937. The molecule has 0 aliphatic rings. The van der Waals surface area contributed by atoms with Crippen molar-refractivity contribution in [1.82, 2.24) is 19.3 Å². The molecule has 1 aromatic carbocycles. The highest BCUT2D eigenvalue weighted by Crippen LogP contribution is 2.24. The highest BCUT2D eigenvalue weighted by Gasteiger charge is 2.11. The van der Waals surface area contributed by atoms with Gasteiger partial charge in [-0.1, -0.05) is 15.9 Å². The Labute approximate surface area is 153 Å². The molecule has 3 aromatic rings. The van der Waals surface area contributed by atoms with Crippen molar-refractivity contribution in [3.63, 3.8) is 0 Å². The van der Waals surface area contributed by atoms with Gasteiger partial charge in [0.1, 0.15) is 19.2 Å². The number of rotatable bonds is 4. The standard InChI is InChI=1S/C15H11Br2N5O2/c16-10-1-3-13(22-9-18-8-19-22)12(5-10)20-14(23)7-21-6-11(17)2-4-15(21)24/h1-6,8-9H,7H2,(H,20,23). The van der Waals surface area contributed by atoms with E-state index >= 15 is 0 Å². The molecule has 7 nitrogen and oxygen atoms in total. The van der Waals surface area contributed by atoms with E-state index in [2.05, 4.69) is 47.3 Å². The van der Waals surface area contributed by atoms with Gasteiger partial charge >= 0.3 is 0 Å². The Morgan fingerprint density at radius 1 is 1.17 bits per heavy atom. The van der Waals surface area contributed by atoms with Crippen LogP contribution in [0.3, 0.4) is 0 Å². The van der Waals surface area contributed by atoms with Gasteiger partial charge < -0.3 is 9.88 Å². The van der Waals surface area contributed by atoms with Crippen molar-refractivity contribution in [1.29, 1.82) is 0 Å². The van der Waals surface area contributed by atoms with Crippen LogP contribution in [0.1, 0.15) is 0 Å². The summed E-state index contributed by atoms with van der Waals surface area (Å²) in [7, 11) is 0. The van der Waals surface area contributed by atoms with Crippen molar-refractivity contribution in [3.8, 4) is 5.69 Å². The second-order valence-corrected chi connectivity index (χ2v) is 6.69. The molecule has 122 valence electrons. The molecule has 0 radical (unpaired) electrons. The number of aromatic nitrogens is 4. The zero-order valence-corrected chi connectivity index (χ0v) is 15.4. The molecule has 0 atom stereocenters. The molecule has 0 bridgehead atoms. The van der Waals surface area contributed by atoms with Gasteiger partial charge in [0, 0.05) is 21.2 Å². The topological polar surface area (TPSA) is 81.8 Å². The molecule has 0 aliphatic heterocycles. The first-order valence-electron chi connectivity index (χ1n) is 6.83. The summed E-state index contributed by atoms with van der Waals surface area (Å²) in [6.45, 7) is -0.0957. The monoisotopic (exact) mass is 451 g/mol. The Morgan fingerprint density at radius 2 is 1.96 bits per heavy atom. The van der Waals surface area contributed by atoms with E-state index in [1.807, 2.05) is 6.07 Å². The van der Waals surface area contributed by atoms with Gasteiger partial charge in [-0.05, 0) is 40.2 Å². The first kappa shape index (κ1) is 16.6. The van der Waals surface area contributed by atoms with Gasteiger partial charge in [-0.3, -0.25) is 9.59 Å². The summed E-state index contributed by atoms with van der Waals surface area (Å²) in [6.07, 6.45) is 4.52. The van der Waals surface area contributed by atoms with Crippen LogP contribution in [0.5, 0.6) is 0 Å². The van der Waals surface area contributed by atoms with Crippen LogP contribution in [-0.2, 0) is 11.3 Å². The largest absolute Gasteiger partial charge is 0.323 e. The molecule has 1 amide bonds. The zero-order chi connectivity index (χ0) is 17.1. The minimum absolute atomic E-state index is 0.0957. The minimum Gasteiger partial charge on any atom is -0.323 e. The van der Waals surface area contributed by atoms with Crippen LogP contribution in [0.15, 0.2) is 62.9 Å². The molecule has 3 rings (SSSR count). The van der Waals surface area contributed by atoms with Crippen LogP contribution in [0.2, 0.25) is 0 Å². The Hall–Kier alpha value is -2.26. The van der Waals surface area contributed by atoms with Crippen LogP contribution in [0.4, 0.5) is 5.69 Å². The van der Waals surface area contributed by atoms with E-state index in [1.165, 1.54) is 23.3 Å². The average molecular weight is 453 g/mol. The Kier molecular flexibility index (Phi) is 4.91. The van der Waals surface area contributed by atoms with Crippen LogP contribution in [0, 0.1) is 0 Å². The van der Waals surface area contributed by atoms with Gasteiger partial charge in [-0.15, -0.1) is 0 Å². The normalized spacial score (nSPS) is 10.6. The van der Waals surface area contributed by atoms with E-state index in [0.717, 1.165) is 8.95 Å². The summed E-state index contributed by atoms with van der Waals surface area (Å²) >= 11 is 6.66. The first-order chi connectivity index (χ1) is 11.5. The zero-order valence-electron chi connectivity index (χ0n) is 12.2. The molecule has 24 heavy (non-hydrogen) atoms. The molecule has 0 fully saturated rings. The number of hydrogen-bond donors (Lipinski definition) is 1. The van der Waals surface area contributed by atoms with Crippen LogP contribution < -0.4 is 10.9 Å². The quantitative estimate of drug-likeness (QED) is 0.659. The number of nitrogens with one attached hydrogen (secondary N) is 1. The first-order valence-corrected chi connectivity index (χ1v) is 8.42. The molecule has 0 saturated carbocycles. The predicted molar refractivity (Wildman–Crippen MR) is 96.1 cm³/mol. The lowest BCUT2D eigenvalue weighted by Gasteiger charge is -2.12. The smallest absolute Gasteiger partial charge is 0.251 e. The van der Waals surface area contributed by atoms with Gasteiger partial charge in [0.25, 0.3) is 5.56 Å². The molecule has 1 N–H and O–H groups in total. The molecule has 9 heteroatoms. The van der Waals surface area contributed by atoms with Gasteiger partial charge in [-0.25, -0.2) is 9.67 Å². The molecular formula is C15H11Br2N5O2. The lowest BCUT2D eigenvalue weighted by Crippen LogP contribution is -2.27. The second-order valence-electron chi connectivity index (χ2n) is 4.86. The fourth-order valence-electron chi connectivity index (χ4n) is 2.11. The Morgan fingerprint density at radius 3 is 2.71 bits per heavy atom. The van der Waals surface area contributed by atoms with Gasteiger partial charge in [0.05, 0.1) is 11.4 Å². The molecule has 2 aromatic heterocycles. The summed E-state index contributed by atoms with van der Waals surface area (Å²) in [5.74, 6) is -0.324. The third-order valence-corrected chi connectivity index (χ3v) is 4.12. The third-order valence-electron chi connectivity index (χ3n) is 3.16. The summed E-state index contributed by atoms with van der Waals surface area (Å²) < 4.78 is 4.40. The maximum atomic E-state index is 12.3. The SMILES string of the molecule is O=C(Cn1cc(Br)ccc1=O)Nc1cc(Br)ccc1-n1cncn1. The summed E-state index contributed by atoms with van der Waals surface area (Å²) in [5, 5.41) is 6.87. The molecule has 2 heterocycles. The fourth-order valence-corrected chi connectivity index (χ4v) is 2.85. The van der Waals surface area contributed by atoms with Crippen LogP contribution >= 0.6 is 31.9 Å². The molecule has 0 saturated heterocycles. The number of halogens is 2. The fraction of sp³-hybridized carbons (Fsp3) is 0.0667. The number of carbonyl (C=O) groups is 1. The lowest BCUT2D eigenvalue weighted by molar-refractivity contribution is -0.116. The number of hydrogen-bond acceptors (Lipinski definition) is 4. The molecule has 0 unspecified atom stereocenters. The number of amides is 1. The second kappa shape index (κ2) is 7.10. The highest BCUT2D eigenvalue weighted by atomic mass is 79.9. The third kappa shape index (κ3) is 3.80. The molecule has 0 aliphatic carbocycles. The van der Waals surface area contributed by atoms with Crippen molar-refractivity contribution in [3.05, 3.63) is 68.5 Å². The minimum atomic E-state index is -0.324. The number of pyridine rings is 1. The number of carbonyl (C=O) groups excluding carboxylic acids is 1. The number of benzene rings is 1. The van der Waals surface area contributed by atoms with Crippen molar-refractivity contribution < 1.29 is 4.79 Å². The van der Waals surface area contributed by atoms with Crippen molar-refractivity contribution >= 4 is 43.5 Å².